The Morgan fingerprint density at radius 2 is 2.33 bits per heavy atom. The second-order valence-electron chi connectivity index (χ2n) is 6.45. The molecule has 1 aliphatic carbocycles. The third-order valence-corrected chi connectivity index (χ3v) is 5.70. The van der Waals surface area contributed by atoms with Crippen molar-refractivity contribution >= 4 is 17.6 Å². The fraction of sp³-hybridized carbons (Fsp3) is 0.588. The van der Waals surface area contributed by atoms with Gasteiger partial charge in [-0.05, 0) is 42.4 Å². The first-order valence-corrected chi connectivity index (χ1v) is 8.16. The number of nitrogens with zero attached hydrogens (tertiary/aromatic N) is 1. The zero-order valence-electron chi connectivity index (χ0n) is 12.4. The lowest BCUT2D eigenvalue weighted by atomic mass is 9.81. The highest BCUT2D eigenvalue weighted by molar-refractivity contribution is 6.31. The molecule has 1 N–H and O–H groups in total. The summed E-state index contributed by atoms with van der Waals surface area (Å²) in [4.78, 5) is 14.0. The van der Waals surface area contributed by atoms with Crippen LogP contribution in [0.25, 0.3) is 0 Å². The number of aliphatic carboxylic acids is 1. The van der Waals surface area contributed by atoms with Gasteiger partial charge in [0, 0.05) is 24.7 Å². The molecule has 1 saturated carbocycles. The highest BCUT2D eigenvalue weighted by Crippen LogP contribution is 2.49. The number of benzene rings is 1. The molecule has 1 aromatic rings. The van der Waals surface area contributed by atoms with E-state index in [4.69, 9.17) is 11.6 Å². The highest BCUT2D eigenvalue weighted by Gasteiger charge is 2.54. The van der Waals surface area contributed by atoms with Crippen LogP contribution < -0.4 is 0 Å². The first-order chi connectivity index (χ1) is 10.1. The fourth-order valence-corrected chi connectivity index (χ4v) is 4.45. The van der Waals surface area contributed by atoms with E-state index in [0.29, 0.717) is 12.5 Å². The third-order valence-electron chi connectivity index (χ3n) is 5.35. The molecule has 0 aromatic heterocycles. The Kier molecular flexibility index (Phi) is 3.98. The minimum Gasteiger partial charge on any atom is -0.481 e. The molecule has 0 bridgehead atoms. The Bertz CT molecular complexity index is 560. The van der Waals surface area contributed by atoms with Gasteiger partial charge in [-0.1, -0.05) is 37.1 Å². The summed E-state index contributed by atoms with van der Waals surface area (Å²) in [6.45, 7) is 4.46. The topological polar surface area (TPSA) is 40.5 Å². The molecule has 0 amide bonds. The van der Waals surface area contributed by atoms with E-state index in [9.17, 15) is 9.90 Å². The van der Waals surface area contributed by atoms with Crippen molar-refractivity contribution in [3.05, 3.63) is 34.3 Å². The molecule has 1 saturated heterocycles. The summed E-state index contributed by atoms with van der Waals surface area (Å²) >= 11 is 6.36. The minimum atomic E-state index is -0.609. The number of carboxylic acids is 1. The van der Waals surface area contributed by atoms with Gasteiger partial charge < -0.3 is 5.11 Å². The van der Waals surface area contributed by atoms with Crippen LogP contribution in [0.2, 0.25) is 5.02 Å². The quantitative estimate of drug-likeness (QED) is 0.924. The maximum Gasteiger partial charge on any atom is 0.311 e. The largest absolute Gasteiger partial charge is 0.481 e. The normalized spacial score (nSPS) is 28.8. The van der Waals surface area contributed by atoms with Crippen LogP contribution >= 0.6 is 11.6 Å². The zero-order chi connectivity index (χ0) is 15.0. The number of carbonyl (C=O) groups is 1. The molecule has 3 nitrogen and oxygen atoms in total. The summed E-state index contributed by atoms with van der Waals surface area (Å²) in [5, 5.41) is 10.5. The first-order valence-electron chi connectivity index (χ1n) is 7.79. The molecule has 3 rings (SSSR count). The van der Waals surface area contributed by atoms with Crippen LogP contribution in [0.1, 0.15) is 37.3 Å². The number of hydrogen-bond donors (Lipinski definition) is 1. The standard InChI is InChI=1S/C17H22ClNO2/c1-2-12-5-3-7-15(18)14(12)10-19-9-13-6-4-8-17(13,11-19)16(20)21/h3,5,7,13H,2,4,6,8-11H2,1H3,(H,20,21)/t13-,17+/m0/s1. The van der Waals surface area contributed by atoms with Gasteiger partial charge in [0.2, 0.25) is 0 Å². The number of likely N-dealkylation sites (tertiary alicyclic amines) is 1. The maximum absolute atomic E-state index is 11.7. The van der Waals surface area contributed by atoms with E-state index < -0.39 is 11.4 Å². The molecule has 4 heteroatoms. The molecule has 0 spiro atoms. The van der Waals surface area contributed by atoms with E-state index in [-0.39, 0.29) is 0 Å². The molecule has 2 aliphatic rings. The molecular weight excluding hydrogens is 286 g/mol. The van der Waals surface area contributed by atoms with E-state index in [1.165, 1.54) is 11.1 Å². The van der Waals surface area contributed by atoms with E-state index in [0.717, 1.165) is 43.8 Å². The van der Waals surface area contributed by atoms with E-state index in [1.54, 1.807) is 0 Å². The third kappa shape index (κ3) is 2.47. The number of fused-ring (bicyclic) bond motifs is 1. The number of hydrogen-bond acceptors (Lipinski definition) is 2. The molecule has 114 valence electrons. The van der Waals surface area contributed by atoms with Crippen molar-refractivity contribution in [3.8, 4) is 0 Å². The van der Waals surface area contributed by atoms with Gasteiger partial charge >= 0.3 is 5.97 Å². The predicted molar refractivity (Wildman–Crippen MR) is 83.5 cm³/mol. The molecule has 2 fully saturated rings. The van der Waals surface area contributed by atoms with Gasteiger partial charge in [-0.3, -0.25) is 9.69 Å². The van der Waals surface area contributed by atoms with Crippen molar-refractivity contribution in [1.29, 1.82) is 0 Å². The van der Waals surface area contributed by atoms with E-state index in [1.807, 2.05) is 12.1 Å². The average molecular weight is 308 g/mol. The minimum absolute atomic E-state index is 0.308. The smallest absolute Gasteiger partial charge is 0.311 e. The van der Waals surface area contributed by atoms with Crippen molar-refractivity contribution in [3.63, 3.8) is 0 Å². The number of carboxylic acid groups (broad SMARTS) is 1. The zero-order valence-corrected chi connectivity index (χ0v) is 13.2. The second-order valence-corrected chi connectivity index (χ2v) is 6.86. The lowest BCUT2D eigenvalue weighted by molar-refractivity contribution is -0.149. The van der Waals surface area contributed by atoms with E-state index >= 15 is 0 Å². The van der Waals surface area contributed by atoms with Crippen LogP contribution in [-0.2, 0) is 17.8 Å². The summed E-state index contributed by atoms with van der Waals surface area (Å²) < 4.78 is 0. The molecule has 1 aliphatic heterocycles. The van der Waals surface area contributed by atoms with Crippen LogP contribution in [0.15, 0.2) is 18.2 Å². The summed E-state index contributed by atoms with van der Waals surface area (Å²) in [5.41, 5.74) is 1.93. The summed E-state index contributed by atoms with van der Waals surface area (Å²) in [6.07, 6.45) is 3.88. The Hall–Kier alpha value is -1.06. The van der Waals surface area contributed by atoms with Gasteiger partial charge in [-0.25, -0.2) is 0 Å². The van der Waals surface area contributed by atoms with Gasteiger partial charge in [-0.2, -0.15) is 0 Å². The van der Waals surface area contributed by atoms with Gasteiger partial charge in [0.05, 0.1) is 5.41 Å². The molecule has 0 unspecified atom stereocenters. The molecule has 21 heavy (non-hydrogen) atoms. The summed E-state index contributed by atoms with van der Waals surface area (Å²) in [5.74, 6) is -0.301. The average Bonchev–Trinajstić information content (AvgIpc) is 2.98. The Labute approximate surface area is 130 Å². The van der Waals surface area contributed by atoms with Crippen LogP contribution in [0, 0.1) is 11.3 Å². The summed E-state index contributed by atoms with van der Waals surface area (Å²) in [7, 11) is 0. The lowest BCUT2D eigenvalue weighted by Gasteiger charge is -2.24. The molecule has 1 heterocycles. The summed E-state index contributed by atoms with van der Waals surface area (Å²) in [6, 6.07) is 6.03. The first kappa shape index (κ1) is 14.9. The Morgan fingerprint density at radius 1 is 1.52 bits per heavy atom. The van der Waals surface area contributed by atoms with Gasteiger partial charge in [0.25, 0.3) is 0 Å². The molecule has 2 atom stereocenters. The Morgan fingerprint density at radius 3 is 3.00 bits per heavy atom. The number of aryl methyl sites for hydroxylation is 1. The molecule has 0 radical (unpaired) electrons. The lowest BCUT2D eigenvalue weighted by Crippen LogP contribution is -2.35. The van der Waals surface area contributed by atoms with Crippen molar-refractivity contribution < 1.29 is 9.90 Å². The monoisotopic (exact) mass is 307 g/mol. The van der Waals surface area contributed by atoms with Crippen LogP contribution in [-0.4, -0.2) is 29.1 Å². The maximum atomic E-state index is 11.7. The van der Waals surface area contributed by atoms with Crippen LogP contribution in [0.4, 0.5) is 0 Å². The number of rotatable bonds is 4. The predicted octanol–water partition coefficient (Wildman–Crippen LogP) is 3.59. The Balaban J connectivity index is 1.81. The van der Waals surface area contributed by atoms with Gasteiger partial charge in [-0.15, -0.1) is 0 Å². The van der Waals surface area contributed by atoms with Crippen molar-refractivity contribution in [2.45, 2.75) is 39.2 Å². The van der Waals surface area contributed by atoms with Gasteiger partial charge in [0.1, 0.15) is 0 Å². The van der Waals surface area contributed by atoms with Crippen molar-refractivity contribution in [2.75, 3.05) is 13.1 Å². The number of halogens is 1. The molecular formula is C17H22ClNO2. The van der Waals surface area contributed by atoms with Crippen LogP contribution in [0.5, 0.6) is 0 Å². The van der Waals surface area contributed by atoms with Crippen molar-refractivity contribution in [1.82, 2.24) is 4.90 Å². The van der Waals surface area contributed by atoms with Crippen LogP contribution in [0.3, 0.4) is 0 Å². The van der Waals surface area contributed by atoms with Gasteiger partial charge in [0.15, 0.2) is 0 Å². The fourth-order valence-electron chi connectivity index (χ4n) is 4.20. The van der Waals surface area contributed by atoms with Crippen molar-refractivity contribution in [2.24, 2.45) is 11.3 Å². The van der Waals surface area contributed by atoms with E-state index in [2.05, 4.69) is 17.9 Å². The second kappa shape index (κ2) is 5.62. The highest BCUT2D eigenvalue weighted by atomic mass is 35.5. The SMILES string of the molecule is CCc1cccc(Cl)c1CN1C[C@@H]2CCC[C@@]2(C(=O)O)C1. The molecule has 1 aromatic carbocycles.